The van der Waals surface area contributed by atoms with Gasteiger partial charge in [0.1, 0.15) is 12.4 Å². The molecule has 1 aromatic heterocycles. The van der Waals surface area contributed by atoms with E-state index < -0.39 is 0 Å². The Morgan fingerprint density at radius 2 is 2.17 bits per heavy atom. The summed E-state index contributed by atoms with van der Waals surface area (Å²) in [6, 6.07) is 9.51. The summed E-state index contributed by atoms with van der Waals surface area (Å²) >= 11 is 5.10. The van der Waals surface area contributed by atoms with E-state index in [9.17, 15) is 0 Å². The van der Waals surface area contributed by atoms with Crippen molar-refractivity contribution in [2.75, 3.05) is 0 Å². The molecule has 0 spiro atoms. The Morgan fingerprint density at radius 3 is 2.83 bits per heavy atom. The number of hydrogen-bond acceptors (Lipinski definition) is 4. The largest absolute Gasteiger partial charge is 0.487 e. The van der Waals surface area contributed by atoms with Gasteiger partial charge in [-0.3, -0.25) is 0 Å². The number of para-hydroxylation sites is 1. The summed E-state index contributed by atoms with van der Waals surface area (Å²) in [5.41, 5.74) is 1.34. The second-order valence-electron chi connectivity index (χ2n) is 3.66. The zero-order valence-electron chi connectivity index (χ0n) is 9.76. The number of ether oxygens (including phenoxy) is 1. The van der Waals surface area contributed by atoms with Crippen LogP contribution in [0.2, 0.25) is 0 Å². The molecule has 1 N–H and O–H groups in total. The molecule has 0 aliphatic heterocycles. The number of nitrogens with zero attached hydrogens (tertiary/aromatic N) is 1. The average Bonchev–Trinajstić information content (AvgIpc) is 2.81. The van der Waals surface area contributed by atoms with Crippen molar-refractivity contribution in [3.63, 3.8) is 0 Å². The predicted octanol–water partition coefficient (Wildman–Crippen LogP) is 4.29. The van der Waals surface area contributed by atoms with Crippen molar-refractivity contribution in [1.82, 2.24) is 0 Å². The lowest BCUT2D eigenvalue weighted by Gasteiger charge is -2.10. The fourth-order valence-corrected chi connectivity index (χ4v) is 2.89. The number of rotatable bonds is 4. The first-order valence-electron chi connectivity index (χ1n) is 5.35. The SMILES string of the molecule is CC(=NO)c1ccccc1OCc1sccc1Br. The number of halogens is 1. The Balaban J connectivity index is 2.17. The summed E-state index contributed by atoms with van der Waals surface area (Å²) in [5.74, 6) is 0.716. The number of benzene rings is 1. The van der Waals surface area contributed by atoms with Crippen LogP contribution in [0.15, 0.2) is 45.3 Å². The average molecular weight is 326 g/mol. The molecule has 0 aliphatic rings. The topological polar surface area (TPSA) is 41.8 Å². The van der Waals surface area contributed by atoms with Gasteiger partial charge in [0.25, 0.3) is 0 Å². The lowest BCUT2D eigenvalue weighted by molar-refractivity contribution is 0.306. The Labute approximate surface area is 118 Å². The molecule has 0 saturated heterocycles. The van der Waals surface area contributed by atoms with Gasteiger partial charge in [-0.15, -0.1) is 11.3 Å². The third kappa shape index (κ3) is 2.91. The van der Waals surface area contributed by atoms with Gasteiger partial charge in [-0.2, -0.15) is 0 Å². The van der Waals surface area contributed by atoms with Gasteiger partial charge in [0.2, 0.25) is 0 Å². The molecule has 2 rings (SSSR count). The molecule has 1 heterocycles. The van der Waals surface area contributed by atoms with Crippen molar-refractivity contribution < 1.29 is 9.94 Å². The molecule has 0 atom stereocenters. The predicted molar refractivity (Wildman–Crippen MR) is 76.8 cm³/mol. The molecule has 0 fully saturated rings. The highest BCUT2D eigenvalue weighted by Crippen LogP contribution is 2.26. The highest BCUT2D eigenvalue weighted by Gasteiger charge is 2.08. The molecule has 3 nitrogen and oxygen atoms in total. The van der Waals surface area contributed by atoms with Crippen molar-refractivity contribution in [3.05, 3.63) is 50.6 Å². The van der Waals surface area contributed by atoms with Gasteiger partial charge in [-0.05, 0) is 46.4 Å². The first-order valence-corrected chi connectivity index (χ1v) is 7.02. The van der Waals surface area contributed by atoms with Crippen molar-refractivity contribution in [1.29, 1.82) is 0 Å². The van der Waals surface area contributed by atoms with Crippen LogP contribution >= 0.6 is 27.3 Å². The molecule has 1 aromatic carbocycles. The van der Waals surface area contributed by atoms with E-state index >= 15 is 0 Å². The van der Waals surface area contributed by atoms with Gasteiger partial charge in [0, 0.05) is 10.0 Å². The maximum absolute atomic E-state index is 8.84. The van der Waals surface area contributed by atoms with E-state index in [0.29, 0.717) is 18.1 Å². The molecule has 2 aromatic rings. The fraction of sp³-hybridized carbons (Fsp3) is 0.154. The summed E-state index contributed by atoms with van der Waals surface area (Å²) in [7, 11) is 0. The maximum atomic E-state index is 8.84. The minimum Gasteiger partial charge on any atom is -0.487 e. The molecule has 94 valence electrons. The molecule has 18 heavy (non-hydrogen) atoms. The molecule has 0 amide bonds. The molecule has 0 radical (unpaired) electrons. The minimum absolute atomic E-state index is 0.494. The van der Waals surface area contributed by atoms with Gasteiger partial charge in [0.05, 0.1) is 10.6 Å². The lowest BCUT2D eigenvalue weighted by Crippen LogP contribution is -2.01. The molecule has 0 aliphatic carbocycles. The van der Waals surface area contributed by atoms with E-state index in [1.165, 1.54) is 0 Å². The lowest BCUT2D eigenvalue weighted by atomic mass is 10.1. The first kappa shape index (κ1) is 13.1. The third-order valence-corrected chi connectivity index (χ3v) is 4.38. The van der Waals surface area contributed by atoms with E-state index in [0.717, 1.165) is 14.9 Å². The fourth-order valence-electron chi connectivity index (χ4n) is 1.52. The van der Waals surface area contributed by atoms with Gasteiger partial charge >= 0.3 is 0 Å². The number of oxime groups is 1. The van der Waals surface area contributed by atoms with Crippen molar-refractivity contribution in [2.45, 2.75) is 13.5 Å². The van der Waals surface area contributed by atoms with Crippen molar-refractivity contribution in [3.8, 4) is 5.75 Å². The Bertz CT molecular complexity index is 566. The smallest absolute Gasteiger partial charge is 0.129 e. The van der Waals surface area contributed by atoms with Crippen LogP contribution in [0.4, 0.5) is 0 Å². The van der Waals surface area contributed by atoms with Crippen molar-refractivity contribution >= 4 is 33.0 Å². The molecule has 0 saturated carbocycles. The summed E-state index contributed by atoms with van der Waals surface area (Å²) in [6.45, 7) is 2.23. The van der Waals surface area contributed by atoms with Gasteiger partial charge in [-0.25, -0.2) is 0 Å². The standard InChI is InChI=1S/C13H12BrNO2S/c1-9(15-16)10-4-2-3-5-12(10)17-8-13-11(14)6-7-18-13/h2-7,16H,8H2,1H3. The van der Waals surface area contributed by atoms with Crippen LogP contribution in [0.25, 0.3) is 0 Å². The molecule has 0 unspecified atom stereocenters. The highest BCUT2D eigenvalue weighted by atomic mass is 79.9. The Kier molecular flexibility index (Phi) is 4.38. The zero-order chi connectivity index (χ0) is 13.0. The van der Waals surface area contributed by atoms with E-state index in [2.05, 4.69) is 21.1 Å². The monoisotopic (exact) mass is 325 g/mol. The van der Waals surface area contributed by atoms with Gasteiger partial charge < -0.3 is 9.94 Å². The van der Waals surface area contributed by atoms with Crippen LogP contribution in [0.3, 0.4) is 0 Å². The van der Waals surface area contributed by atoms with Crippen LogP contribution in [-0.2, 0) is 6.61 Å². The van der Waals surface area contributed by atoms with Crippen molar-refractivity contribution in [2.24, 2.45) is 5.16 Å². The molecule has 5 heteroatoms. The summed E-state index contributed by atoms with van der Waals surface area (Å²) < 4.78 is 6.83. The van der Waals surface area contributed by atoms with Gasteiger partial charge in [0.15, 0.2) is 0 Å². The number of thiophene rings is 1. The zero-order valence-corrected chi connectivity index (χ0v) is 12.2. The van der Waals surface area contributed by atoms with Crippen LogP contribution in [-0.4, -0.2) is 10.9 Å². The normalized spacial score (nSPS) is 11.6. The van der Waals surface area contributed by atoms with Gasteiger partial charge in [-0.1, -0.05) is 17.3 Å². The second kappa shape index (κ2) is 6.02. The maximum Gasteiger partial charge on any atom is 0.129 e. The Morgan fingerprint density at radius 1 is 1.39 bits per heavy atom. The number of hydrogen-bond donors (Lipinski definition) is 1. The first-order chi connectivity index (χ1) is 8.72. The highest BCUT2D eigenvalue weighted by molar-refractivity contribution is 9.10. The van der Waals surface area contributed by atoms with Crippen LogP contribution in [0, 0.1) is 0 Å². The summed E-state index contributed by atoms with van der Waals surface area (Å²) in [4.78, 5) is 1.13. The third-order valence-electron chi connectivity index (χ3n) is 2.48. The van der Waals surface area contributed by atoms with Crippen LogP contribution in [0.5, 0.6) is 5.75 Å². The van der Waals surface area contributed by atoms with Crippen LogP contribution < -0.4 is 4.74 Å². The minimum atomic E-state index is 0.494. The van der Waals surface area contributed by atoms with Crippen LogP contribution in [0.1, 0.15) is 17.4 Å². The van der Waals surface area contributed by atoms with E-state index in [-0.39, 0.29) is 0 Å². The summed E-state index contributed by atoms with van der Waals surface area (Å²) in [5, 5.41) is 14.1. The molecule has 0 bridgehead atoms. The quantitative estimate of drug-likeness (QED) is 0.517. The second-order valence-corrected chi connectivity index (χ2v) is 5.52. The van der Waals surface area contributed by atoms with E-state index in [1.807, 2.05) is 35.7 Å². The van der Waals surface area contributed by atoms with E-state index in [4.69, 9.17) is 9.94 Å². The Hall–Kier alpha value is -1.33. The summed E-state index contributed by atoms with van der Waals surface area (Å²) in [6.07, 6.45) is 0. The molecular formula is C13H12BrNO2S. The molecular weight excluding hydrogens is 314 g/mol. The van der Waals surface area contributed by atoms with E-state index in [1.54, 1.807) is 18.3 Å².